The molecule has 0 spiro atoms. The first-order valence-corrected chi connectivity index (χ1v) is 10.7. The van der Waals surface area contributed by atoms with Gasteiger partial charge >= 0.3 is 6.03 Å². The summed E-state index contributed by atoms with van der Waals surface area (Å²) in [5.74, 6) is 0. The number of hydrogen-bond donors (Lipinski definition) is 2. The van der Waals surface area contributed by atoms with E-state index < -0.39 is 0 Å². The van der Waals surface area contributed by atoms with Crippen LogP contribution in [0.1, 0.15) is 59.1 Å². The number of rotatable bonds is 2. The quantitative estimate of drug-likeness (QED) is 0.813. The molecule has 0 radical (unpaired) electrons. The third-order valence-electron chi connectivity index (χ3n) is 6.09. The number of nitrogens with zero attached hydrogens (tertiary/aromatic N) is 2. The zero-order chi connectivity index (χ0) is 20.5. The molecule has 5 nitrogen and oxygen atoms in total. The molecular weight excluding hydrogens is 348 g/mol. The van der Waals surface area contributed by atoms with Gasteiger partial charge in [0, 0.05) is 44.5 Å². The number of benzene rings is 1. The minimum absolute atomic E-state index is 0.0206. The second-order valence-electron chi connectivity index (χ2n) is 10.4. The molecule has 28 heavy (non-hydrogen) atoms. The zero-order valence-corrected chi connectivity index (χ0v) is 18.6. The molecule has 0 aliphatic carbocycles. The van der Waals surface area contributed by atoms with Gasteiger partial charge in [-0.25, -0.2) is 4.79 Å². The summed E-state index contributed by atoms with van der Waals surface area (Å²) in [5.41, 5.74) is 3.41. The predicted octanol–water partition coefficient (Wildman–Crippen LogP) is 3.79. The smallest absolute Gasteiger partial charge is 0.321 e. The average molecular weight is 387 g/mol. The Morgan fingerprint density at radius 3 is 2.25 bits per heavy atom. The second kappa shape index (κ2) is 8.03. The molecule has 2 fully saturated rings. The lowest BCUT2D eigenvalue weighted by molar-refractivity contribution is 0.119. The number of hydrogen-bond acceptors (Lipinski definition) is 3. The molecule has 0 aromatic heterocycles. The van der Waals surface area contributed by atoms with Crippen molar-refractivity contribution in [1.82, 2.24) is 15.1 Å². The molecule has 2 heterocycles. The number of nitrogens with one attached hydrogen (secondary N) is 2. The lowest BCUT2D eigenvalue weighted by Gasteiger charge is -2.38. The molecular formula is C23H38N4O. The Morgan fingerprint density at radius 1 is 1.04 bits per heavy atom. The van der Waals surface area contributed by atoms with E-state index in [1.54, 1.807) is 0 Å². The number of amides is 2. The van der Waals surface area contributed by atoms with E-state index in [4.69, 9.17) is 0 Å². The predicted molar refractivity (Wildman–Crippen MR) is 117 cm³/mol. The molecule has 2 aliphatic rings. The van der Waals surface area contributed by atoms with Crippen LogP contribution in [0.3, 0.4) is 0 Å². The molecule has 5 heteroatoms. The highest BCUT2D eigenvalue weighted by atomic mass is 16.2. The van der Waals surface area contributed by atoms with E-state index >= 15 is 0 Å². The van der Waals surface area contributed by atoms with Crippen molar-refractivity contribution in [3.63, 3.8) is 0 Å². The summed E-state index contributed by atoms with van der Waals surface area (Å²) in [6.07, 6.45) is 1.22. The van der Waals surface area contributed by atoms with Crippen molar-refractivity contribution in [1.29, 1.82) is 0 Å². The summed E-state index contributed by atoms with van der Waals surface area (Å²) < 4.78 is 0. The molecule has 2 aliphatic heterocycles. The van der Waals surface area contributed by atoms with Gasteiger partial charge in [0.1, 0.15) is 0 Å². The third-order valence-corrected chi connectivity index (χ3v) is 6.09. The monoisotopic (exact) mass is 386 g/mol. The van der Waals surface area contributed by atoms with Crippen LogP contribution >= 0.6 is 0 Å². The Labute approximate surface area is 170 Å². The van der Waals surface area contributed by atoms with Crippen LogP contribution in [0, 0.1) is 0 Å². The molecule has 1 aromatic rings. The molecule has 2 N–H and O–H groups in total. The van der Waals surface area contributed by atoms with Crippen LogP contribution in [-0.4, -0.2) is 61.1 Å². The fourth-order valence-electron chi connectivity index (χ4n) is 4.20. The van der Waals surface area contributed by atoms with Gasteiger partial charge in [-0.1, -0.05) is 53.7 Å². The summed E-state index contributed by atoms with van der Waals surface area (Å²) in [4.78, 5) is 17.5. The van der Waals surface area contributed by atoms with Crippen LogP contribution in [0.2, 0.25) is 0 Å². The Bertz CT molecular complexity index is 688. The van der Waals surface area contributed by atoms with E-state index in [9.17, 15) is 4.79 Å². The minimum Gasteiger partial charge on any atom is -0.322 e. The van der Waals surface area contributed by atoms with Gasteiger partial charge in [0.25, 0.3) is 0 Å². The van der Waals surface area contributed by atoms with E-state index in [-0.39, 0.29) is 16.9 Å². The zero-order valence-electron chi connectivity index (χ0n) is 18.6. The highest BCUT2D eigenvalue weighted by molar-refractivity contribution is 5.90. The summed E-state index contributed by atoms with van der Waals surface area (Å²) >= 11 is 0. The first-order valence-electron chi connectivity index (χ1n) is 10.7. The van der Waals surface area contributed by atoms with E-state index in [0.29, 0.717) is 6.04 Å². The Morgan fingerprint density at radius 2 is 1.71 bits per heavy atom. The number of anilines is 1. The van der Waals surface area contributed by atoms with Gasteiger partial charge in [-0.2, -0.15) is 0 Å². The maximum atomic E-state index is 13.0. The van der Waals surface area contributed by atoms with Crippen molar-refractivity contribution < 1.29 is 4.79 Å². The summed E-state index contributed by atoms with van der Waals surface area (Å²) in [6, 6.07) is 7.21. The number of piperazine rings is 1. The van der Waals surface area contributed by atoms with Gasteiger partial charge < -0.3 is 15.5 Å². The summed E-state index contributed by atoms with van der Waals surface area (Å²) in [5, 5.41) is 6.68. The summed E-state index contributed by atoms with van der Waals surface area (Å²) in [6.45, 7) is 19.0. The molecule has 0 saturated carbocycles. The lowest BCUT2D eigenvalue weighted by Crippen LogP contribution is -2.53. The van der Waals surface area contributed by atoms with Crippen molar-refractivity contribution in [3.05, 3.63) is 29.3 Å². The standard InChI is InChI=1S/C23H38N4O/c1-22(2,3)17-7-8-19(23(4,5)6)20(15-17)25-21(28)27-13-11-26(12-14-27)18-9-10-24-16-18/h7-8,15,18,24H,9-14,16H2,1-6H3,(H,25,28)/t18-/m0/s1. The highest BCUT2D eigenvalue weighted by Gasteiger charge is 2.29. The van der Waals surface area contributed by atoms with Gasteiger partial charge in [0.05, 0.1) is 0 Å². The second-order valence-corrected chi connectivity index (χ2v) is 10.4. The van der Waals surface area contributed by atoms with Crippen molar-refractivity contribution in [2.45, 2.75) is 64.8 Å². The van der Waals surface area contributed by atoms with Crippen molar-refractivity contribution >= 4 is 11.7 Å². The van der Waals surface area contributed by atoms with Crippen LogP contribution in [-0.2, 0) is 10.8 Å². The van der Waals surface area contributed by atoms with Crippen molar-refractivity contribution in [3.8, 4) is 0 Å². The van der Waals surface area contributed by atoms with E-state index in [2.05, 4.69) is 75.3 Å². The van der Waals surface area contributed by atoms with Crippen LogP contribution in [0.25, 0.3) is 0 Å². The normalized spacial score (nSPS) is 21.8. The largest absolute Gasteiger partial charge is 0.322 e. The molecule has 2 saturated heterocycles. The fourth-order valence-corrected chi connectivity index (χ4v) is 4.20. The summed E-state index contributed by atoms with van der Waals surface area (Å²) in [7, 11) is 0. The lowest BCUT2D eigenvalue weighted by atomic mass is 9.81. The molecule has 1 atom stereocenters. The van der Waals surface area contributed by atoms with Gasteiger partial charge in [-0.3, -0.25) is 4.90 Å². The molecule has 156 valence electrons. The van der Waals surface area contributed by atoms with Crippen molar-refractivity contribution in [2.75, 3.05) is 44.6 Å². The molecule has 0 bridgehead atoms. The Balaban J connectivity index is 1.70. The Kier molecular flexibility index (Phi) is 6.06. The van der Waals surface area contributed by atoms with Gasteiger partial charge in [-0.15, -0.1) is 0 Å². The van der Waals surface area contributed by atoms with Gasteiger partial charge in [0.15, 0.2) is 0 Å². The van der Waals surface area contributed by atoms with Gasteiger partial charge in [-0.05, 0) is 41.0 Å². The number of carbonyl (C=O) groups is 1. The van der Waals surface area contributed by atoms with E-state index in [0.717, 1.165) is 45.0 Å². The third kappa shape index (κ3) is 4.87. The van der Waals surface area contributed by atoms with Gasteiger partial charge in [0.2, 0.25) is 0 Å². The topological polar surface area (TPSA) is 47.6 Å². The van der Waals surface area contributed by atoms with Crippen molar-refractivity contribution in [2.24, 2.45) is 0 Å². The van der Waals surface area contributed by atoms with Crippen LogP contribution in [0.15, 0.2) is 18.2 Å². The van der Waals surface area contributed by atoms with E-state index in [1.807, 2.05) is 4.90 Å². The van der Waals surface area contributed by atoms with E-state index in [1.165, 1.54) is 17.5 Å². The molecule has 3 rings (SSSR count). The number of carbonyl (C=O) groups excluding carboxylic acids is 1. The average Bonchev–Trinajstić information content (AvgIpc) is 3.14. The molecule has 0 unspecified atom stereocenters. The van der Waals surface area contributed by atoms with Crippen LogP contribution < -0.4 is 10.6 Å². The fraction of sp³-hybridized carbons (Fsp3) is 0.696. The molecule has 1 aromatic carbocycles. The Hall–Kier alpha value is -1.59. The first-order chi connectivity index (χ1) is 13.1. The number of urea groups is 1. The maximum Gasteiger partial charge on any atom is 0.321 e. The van der Waals surface area contributed by atoms with Crippen LogP contribution in [0.5, 0.6) is 0 Å². The maximum absolute atomic E-state index is 13.0. The highest BCUT2D eigenvalue weighted by Crippen LogP contribution is 2.34. The van der Waals surface area contributed by atoms with Crippen LogP contribution in [0.4, 0.5) is 10.5 Å². The molecule has 2 amide bonds. The SMILES string of the molecule is CC(C)(C)c1ccc(C(C)(C)C)c(NC(=O)N2CCN([C@H]3CCNC3)CC2)c1. The first kappa shape index (κ1) is 21.1. The minimum atomic E-state index is -0.0206.